The lowest BCUT2D eigenvalue weighted by Crippen LogP contribution is -2.15. The standard InChI is InChI=1S/C16H14N4O2/c17-16(22)11-2-4-12(5-3-11)20-15(21)8-10-1-6-13-14(7-10)19-9-18-13/h1-7,9H,8H2,(H2,17,22)(H,18,19)(H,20,21). The second-order valence-electron chi connectivity index (χ2n) is 4.92. The number of hydrogen-bond donors (Lipinski definition) is 3. The molecule has 22 heavy (non-hydrogen) atoms. The van der Waals surface area contributed by atoms with Gasteiger partial charge in [0.2, 0.25) is 11.8 Å². The Bertz CT molecular complexity index is 837. The molecule has 1 aromatic heterocycles. The molecule has 0 aliphatic rings. The molecule has 0 saturated heterocycles. The summed E-state index contributed by atoms with van der Waals surface area (Å²) in [5.74, 6) is -0.628. The average molecular weight is 294 g/mol. The molecule has 0 spiro atoms. The highest BCUT2D eigenvalue weighted by atomic mass is 16.1. The zero-order valence-electron chi connectivity index (χ0n) is 11.7. The van der Waals surface area contributed by atoms with Gasteiger partial charge in [0.15, 0.2) is 0 Å². The largest absolute Gasteiger partial charge is 0.366 e. The van der Waals surface area contributed by atoms with Gasteiger partial charge in [-0.1, -0.05) is 6.07 Å². The van der Waals surface area contributed by atoms with E-state index in [-0.39, 0.29) is 12.3 Å². The van der Waals surface area contributed by atoms with Crippen LogP contribution in [0, 0.1) is 0 Å². The maximum Gasteiger partial charge on any atom is 0.248 e. The van der Waals surface area contributed by atoms with E-state index in [9.17, 15) is 9.59 Å². The first-order valence-electron chi connectivity index (χ1n) is 6.73. The summed E-state index contributed by atoms with van der Waals surface area (Å²) in [6.07, 6.45) is 1.88. The second-order valence-corrected chi connectivity index (χ2v) is 4.92. The van der Waals surface area contributed by atoms with E-state index >= 15 is 0 Å². The third kappa shape index (κ3) is 2.95. The first-order valence-corrected chi connectivity index (χ1v) is 6.73. The number of carbonyl (C=O) groups is 2. The summed E-state index contributed by atoms with van der Waals surface area (Å²) in [6, 6.07) is 12.1. The van der Waals surface area contributed by atoms with E-state index in [0.717, 1.165) is 16.6 Å². The zero-order chi connectivity index (χ0) is 15.5. The first-order chi connectivity index (χ1) is 10.6. The fourth-order valence-electron chi connectivity index (χ4n) is 2.20. The molecular weight excluding hydrogens is 280 g/mol. The minimum absolute atomic E-state index is 0.134. The van der Waals surface area contributed by atoms with Gasteiger partial charge in [-0.3, -0.25) is 9.59 Å². The molecule has 0 bridgehead atoms. The fourth-order valence-corrected chi connectivity index (χ4v) is 2.20. The molecule has 2 amide bonds. The Hall–Kier alpha value is -3.15. The number of benzene rings is 2. The molecule has 6 heteroatoms. The molecule has 0 aliphatic carbocycles. The van der Waals surface area contributed by atoms with Crippen molar-refractivity contribution in [2.75, 3.05) is 5.32 Å². The van der Waals surface area contributed by atoms with E-state index in [4.69, 9.17) is 5.73 Å². The summed E-state index contributed by atoms with van der Waals surface area (Å²) in [5, 5.41) is 2.78. The van der Waals surface area contributed by atoms with E-state index < -0.39 is 5.91 Å². The van der Waals surface area contributed by atoms with Crippen LogP contribution in [-0.2, 0) is 11.2 Å². The van der Waals surface area contributed by atoms with Crippen molar-refractivity contribution in [2.24, 2.45) is 5.73 Å². The van der Waals surface area contributed by atoms with Gasteiger partial charge in [0.05, 0.1) is 23.8 Å². The van der Waals surface area contributed by atoms with Crippen molar-refractivity contribution in [1.29, 1.82) is 0 Å². The Kier molecular flexibility index (Phi) is 3.57. The summed E-state index contributed by atoms with van der Waals surface area (Å²) in [5.41, 5.74) is 8.86. The lowest BCUT2D eigenvalue weighted by Gasteiger charge is -2.06. The fraction of sp³-hybridized carbons (Fsp3) is 0.0625. The predicted molar refractivity (Wildman–Crippen MR) is 83.4 cm³/mol. The smallest absolute Gasteiger partial charge is 0.248 e. The molecule has 3 aromatic rings. The highest BCUT2D eigenvalue weighted by Crippen LogP contribution is 2.14. The first kappa shape index (κ1) is 13.8. The number of nitrogens with zero attached hydrogens (tertiary/aromatic N) is 1. The van der Waals surface area contributed by atoms with Crippen LogP contribution in [0.3, 0.4) is 0 Å². The zero-order valence-corrected chi connectivity index (χ0v) is 11.7. The number of hydrogen-bond acceptors (Lipinski definition) is 3. The number of H-pyrrole nitrogens is 1. The number of aromatic nitrogens is 2. The minimum atomic E-state index is -0.495. The Morgan fingerprint density at radius 2 is 1.91 bits per heavy atom. The SMILES string of the molecule is NC(=O)c1ccc(NC(=O)Cc2ccc3nc[nH]c3c2)cc1. The number of nitrogens with one attached hydrogen (secondary N) is 2. The van der Waals surface area contributed by atoms with Crippen molar-refractivity contribution >= 4 is 28.5 Å². The molecule has 0 atom stereocenters. The molecule has 3 rings (SSSR count). The van der Waals surface area contributed by atoms with Gasteiger partial charge in [0.1, 0.15) is 0 Å². The highest BCUT2D eigenvalue weighted by molar-refractivity contribution is 5.95. The Balaban J connectivity index is 1.67. The topological polar surface area (TPSA) is 101 Å². The summed E-state index contributed by atoms with van der Waals surface area (Å²) in [6.45, 7) is 0. The number of nitrogens with two attached hydrogens (primary N) is 1. The van der Waals surface area contributed by atoms with Crippen molar-refractivity contribution in [1.82, 2.24) is 9.97 Å². The van der Waals surface area contributed by atoms with Crippen LogP contribution in [0.4, 0.5) is 5.69 Å². The van der Waals surface area contributed by atoms with E-state index in [0.29, 0.717) is 11.3 Å². The molecule has 1 heterocycles. The lowest BCUT2D eigenvalue weighted by atomic mass is 10.1. The maximum absolute atomic E-state index is 12.0. The number of anilines is 1. The number of rotatable bonds is 4. The van der Waals surface area contributed by atoms with E-state index in [1.165, 1.54) is 0 Å². The molecular formula is C16H14N4O2. The monoisotopic (exact) mass is 294 g/mol. The van der Waals surface area contributed by atoms with Crippen LogP contribution >= 0.6 is 0 Å². The van der Waals surface area contributed by atoms with Gasteiger partial charge in [-0.15, -0.1) is 0 Å². The minimum Gasteiger partial charge on any atom is -0.366 e. The van der Waals surface area contributed by atoms with E-state index in [2.05, 4.69) is 15.3 Å². The van der Waals surface area contributed by atoms with E-state index in [1.54, 1.807) is 30.6 Å². The van der Waals surface area contributed by atoms with Crippen molar-refractivity contribution in [3.8, 4) is 0 Å². The Morgan fingerprint density at radius 3 is 2.64 bits per heavy atom. The summed E-state index contributed by atoms with van der Waals surface area (Å²) >= 11 is 0. The van der Waals surface area contributed by atoms with Gasteiger partial charge in [0.25, 0.3) is 0 Å². The maximum atomic E-state index is 12.0. The molecule has 0 aliphatic heterocycles. The average Bonchev–Trinajstić information content (AvgIpc) is 2.95. The van der Waals surface area contributed by atoms with E-state index in [1.807, 2.05) is 18.2 Å². The molecule has 6 nitrogen and oxygen atoms in total. The van der Waals surface area contributed by atoms with Crippen LogP contribution in [-0.4, -0.2) is 21.8 Å². The second kappa shape index (κ2) is 5.69. The number of imidazole rings is 1. The Labute approximate surface area is 126 Å². The molecule has 0 fully saturated rings. The highest BCUT2D eigenvalue weighted by Gasteiger charge is 2.06. The molecule has 110 valence electrons. The van der Waals surface area contributed by atoms with Crippen LogP contribution in [0.2, 0.25) is 0 Å². The molecule has 4 N–H and O–H groups in total. The molecule has 0 radical (unpaired) electrons. The van der Waals surface area contributed by atoms with Gasteiger partial charge in [-0.25, -0.2) is 4.98 Å². The van der Waals surface area contributed by atoms with Gasteiger partial charge in [-0.2, -0.15) is 0 Å². The molecule has 0 saturated carbocycles. The number of amides is 2. The normalized spacial score (nSPS) is 10.5. The van der Waals surface area contributed by atoms with Crippen LogP contribution in [0.15, 0.2) is 48.8 Å². The number of carbonyl (C=O) groups excluding carboxylic acids is 2. The van der Waals surface area contributed by atoms with Crippen LogP contribution in [0.5, 0.6) is 0 Å². The van der Waals surface area contributed by atoms with Gasteiger partial charge in [0, 0.05) is 11.3 Å². The van der Waals surface area contributed by atoms with Gasteiger partial charge >= 0.3 is 0 Å². The van der Waals surface area contributed by atoms with Gasteiger partial charge in [-0.05, 0) is 42.0 Å². The van der Waals surface area contributed by atoms with Crippen LogP contribution < -0.4 is 11.1 Å². The molecule has 2 aromatic carbocycles. The Morgan fingerprint density at radius 1 is 1.14 bits per heavy atom. The third-order valence-corrected chi connectivity index (χ3v) is 3.30. The van der Waals surface area contributed by atoms with Crippen molar-refractivity contribution in [3.05, 3.63) is 59.9 Å². The van der Waals surface area contributed by atoms with Crippen LogP contribution in [0.25, 0.3) is 11.0 Å². The summed E-state index contributed by atoms with van der Waals surface area (Å²) in [4.78, 5) is 30.2. The summed E-state index contributed by atoms with van der Waals surface area (Å²) < 4.78 is 0. The number of aromatic amines is 1. The number of fused-ring (bicyclic) bond motifs is 1. The van der Waals surface area contributed by atoms with Crippen molar-refractivity contribution < 1.29 is 9.59 Å². The lowest BCUT2D eigenvalue weighted by molar-refractivity contribution is -0.115. The van der Waals surface area contributed by atoms with Crippen molar-refractivity contribution in [2.45, 2.75) is 6.42 Å². The number of primary amides is 1. The quantitative estimate of drug-likeness (QED) is 0.684. The van der Waals surface area contributed by atoms with Gasteiger partial charge < -0.3 is 16.0 Å². The summed E-state index contributed by atoms with van der Waals surface area (Å²) in [7, 11) is 0. The predicted octanol–water partition coefficient (Wildman–Crippen LogP) is 1.84. The van der Waals surface area contributed by atoms with Crippen LogP contribution in [0.1, 0.15) is 15.9 Å². The van der Waals surface area contributed by atoms with Crippen molar-refractivity contribution in [3.63, 3.8) is 0 Å². The third-order valence-electron chi connectivity index (χ3n) is 3.30. The molecule has 0 unspecified atom stereocenters.